The number of ether oxygens (including phenoxy) is 3. The second-order valence-corrected chi connectivity index (χ2v) is 25.5. The van der Waals surface area contributed by atoms with Gasteiger partial charge in [-0.3, -0.25) is 0 Å². The standard InChI is InChI=1S/C26H26F3N5O.C25H24F3N5O.C24H22F3N5O/c1-3-33-8-10-34(11-9-33)21-6-5-18(14-20(21)27)32-25-24(29)26(31-15-30-25)35-22-7-4-17-12-16(2)13-19(17)23(22)28;1-15-11-16-3-6-21(22(27)18(16)12-15)34-25-23(28)24(29-14-30-25)31-17-4-5-20(19(26)13-17)33-9-7-32(2)8-10-33;1-14-10-15-2-5-20(21(26)17(15)11-14)33-24-22(27)23(29-13-30-24)31-16-3-4-19(18(25)12-16)32-8-6-28-7-9-32/h4-7,13-15H,3,8-12H2,1-2H3,(H,30,31,32);3-6,12-14H,7-11H2,1-2H3,(H,29,30,31);2-5,11-13,28H,6-10H2,1H3,(H,29,30,31). The molecule has 6 aliphatic rings. The number of nitrogens with zero attached hydrogens (tertiary/aromatic N) is 11. The van der Waals surface area contributed by atoms with E-state index < -0.39 is 70.0 Å². The van der Waals surface area contributed by atoms with Crippen molar-refractivity contribution >= 4 is 69.8 Å². The molecule has 3 aliphatic heterocycles. The molecule has 0 radical (unpaired) electrons. The number of benzene rings is 6. The van der Waals surface area contributed by atoms with E-state index in [1.807, 2.05) is 42.5 Å². The quantitative estimate of drug-likeness (QED) is 0.0673. The topological polar surface area (TPSA) is 169 Å². The Labute approximate surface area is 583 Å². The third-order valence-corrected chi connectivity index (χ3v) is 18.3. The van der Waals surface area contributed by atoms with Gasteiger partial charge in [-0.2, -0.15) is 28.1 Å². The maximum absolute atomic E-state index is 15.1. The Balaban J connectivity index is 0.000000137. The van der Waals surface area contributed by atoms with E-state index in [4.69, 9.17) is 14.2 Å². The van der Waals surface area contributed by atoms with Crippen molar-refractivity contribution in [2.24, 2.45) is 0 Å². The van der Waals surface area contributed by atoms with Crippen LogP contribution >= 0.6 is 0 Å². The van der Waals surface area contributed by atoms with Crippen LogP contribution in [0, 0.1) is 52.4 Å². The number of piperazine rings is 3. The summed E-state index contributed by atoms with van der Waals surface area (Å²) in [5.41, 5.74) is 9.48. The lowest BCUT2D eigenvalue weighted by Gasteiger charge is -2.35. The molecule has 0 spiro atoms. The van der Waals surface area contributed by atoms with Crippen LogP contribution in [0.3, 0.4) is 0 Å². The summed E-state index contributed by atoms with van der Waals surface area (Å²) in [6, 6.07) is 23.5. The highest BCUT2D eigenvalue weighted by Crippen LogP contribution is 2.40. The molecule has 6 heterocycles. The predicted octanol–water partition coefficient (Wildman–Crippen LogP) is 15.5. The maximum Gasteiger partial charge on any atom is 0.261 e. The van der Waals surface area contributed by atoms with E-state index in [9.17, 15) is 26.3 Å². The van der Waals surface area contributed by atoms with E-state index in [1.54, 1.807) is 72.8 Å². The van der Waals surface area contributed by atoms with Crippen molar-refractivity contribution in [2.45, 2.75) is 47.0 Å². The smallest absolute Gasteiger partial charge is 0.261 e. The van der Waals surface area contributed by atoms with Crippen molar-refractivity contribution in [1.29, 1.82) is 0 Å². The number of allylic oxidation sites excluding steroid dienone is 3. The first-order valence-corrected chi connectivity index (χ1v) is 33.4. The zero-order valence-corrected chi connectivity index (χ0v) is 56.5. The minimum absolute atomic E-state index is 0.128. The molecule has 0 unspecified atom stereocenters. The molecular weight excluding hydrogens is 1330 g/mol. The summed E-state index contributed by atoms with van der Waals surface area (Å²) in [7, 11) is 2.03. The number of halogens is 9. The van der Waals surface area contributed by atoms with Crippen LogP contribution in [0.2, 0.25) is 0 Å². The van der Waals surface area contributed by atoms with Crippen LogP contribution in [-0.2, 0) is 19.3 Å². The summed E-state index contributed by atoms with van der Waals surface area (Å²) < 4.78 is 151. The van der Waals surface area contributed by atoms with Gasteiger partial charge in [0, 0.05) is 112 Å². The second kappa shape index (κ2) is 30.6. The summed E-state index contributed by atoms with van der Waals surface area (Å²) in [5.74, 6) is -7.92. The molecular formula is C75H72F9N15O3. The number of rotatable bonds is 16. The first-order valence-electron chi connectivity index (χ1n) is 33.4. The van der Waals surface area contributed by atoms with Crippen LogP contribution in [0.15, 0.2) is 127 Å². The summed E-state index contributed by atoms with van der Waals surface area (Å²) in [6.07, 6.45) is 10.6. The number of nitrogens with one attached hydrogen (secondary N) is 4. The summed E-state index contributed by atoms with van der Waals surface area (Å²) >= 11 is 0. The third kappa shape index (κ3) is 15.6. The molecule has 18 nitrogen and oxygen atoms in total. The molecule has 0 atom stereocenters. The Bertz CT molecular complexity index is 4730. The lowest BCUT2D eigenvalue weighted by molar-refractivity contribution is 0.270. The van der Waals surface area contributed by atoms with Gasteiger partial charge in [0.1, 0.15) is 36.4 Å². The fraction of sp³-hybridized carbons (Fsp3) is 0.280. The number of anilines is 9. The molecule has 3 aliphatic carbocycles. The molecule has 9 aromatic rings. The average molecular weight is 1400 g/mol. The van der Waals surface area contributed by atoms with Crippen LogP contribution < -0.4 is 50.2 Å². The monoisotopic (exact) mass is 1400 g/mol. The first kappa shape index (κ1) is 69.7. The van der Waals surface area contributed by atoms with Gasteiger partial charge < -0.3 is 60.0 Å². The Kier molecular flexibility index (Phi) is 20.9. The zero-order valence-electron chi connectivity index (χ0n) is 56.5. The van der Waals surface area contributed by atoms with Crippen molar-refractivity contribution in [2.75, 3.05) is 123 Å². The molecule has 3 fully saturated rings. The number of fused-ring (bicyclic) bond motifs is 3. The summed E-state index contributed by atoms with van der Waals surface area (Å²) in [5, 5.41) is 11.5. The van der Waals surface area contributed by atoms with E-state index in [0.717, 1.165) is 124 Å². The molecule has 528 valence electrons. The van der Waals surface area contributed by atoms with Crippen LogP contribution in [0.1, 0.15) is 61.1 Å². The van der Waals surface area contributed by atoms with Crippen molar-refractivity contribution in [3.05, 3.63) is 212 Å². The van der Waals surface area contributed by atoms with Crippen molar-refractivity contribution in [3.63, 3.8) is 0 Å². The largest absolute Gasteiger partial charge is 0.433 e. The van der Waals surface area contributed by atoms with Gasteiger partial charge in [-0.1, -0.05) is 60.1 Å². The Morgan fingerprint density at radius 3 is 1.04 bits per heavy atom. The Hall–Kier alpha value is -10.8. The van der Waals surface area contributed by atoms with Gasteiger partial charge in [0.05, 0.1) is 17.1 Å². The van der Waals surface area contributed by atoms with E-state index >= 15 is 13.2 Å². The molecule has 0 amide bonds. The van der Waals surface area contributed by atoms with Gasteiger partial charge in [-0.15, -0.1) is 0 Å². The molecule has 27 heteroatoms. The maximum atomic E-state index is 15.1. The van der Waals surface area contributed by atoms with E-state index in [2.05, 4.69) is 67.9 Å². The number of likely N-dealkylation sites (N-methyl/N-ethyl adjacent to an activating group) is 2. The lowest BCUT2D eigenvalue weighted by atomic mass is 10.1. The molecule has 0 saturated carbocycles. The number of hydrogen-bond donors (Lipinski definition) is 4. The molecule has 0 bridgehead atoms. The lowest BCUT2D eigenvalue weighted by Crippen LogP contribution is -2.46. The second-order valence-electron chi connectivity index (χ2n) is 25.5. The average Bonchev–Trinajstić information content (AvgIpc) is 1.21. The van der Waals surface area contributed by atoms with Gasteiger partial charge in [0.15, 0.2) is 52.2 Å². The summed E-state index contributed by atoms with van der Waals surface area (Å²) in [4.78, 5) is 33.6. The Morgan fingerprint density at radius 2 is 0.716 bits per heavy atom. The fourth-order valence-electron chi connectivity index (χ4n) is 12.8. The molecule has 3 aromatic heterocycles. The summed E-state index contributed by atoms with van der Waals surface area (Å²) in [6.45, 7) is 18.3. The highest BCUT2D eigenvalue weighted by atomic mass is 19.2. The minimum atomic E-state index is -0.907. The van der Waals surface area contributed by atoms with Crippen molar-refractivity contribution < 1.29 is 53.7 Å². The van der Waals surface area contributed by atoms with E-state index in [0.29, 0.717) is 83.2 Å². The van der Waals surface area contributed by atoms with Gasteiger partial charge in [-0.25, -0.2) is 41.3 Å². The van der Waals surface area contributed by atoms with Crippen LogP contribution in [-0.4, -0.2) is 132 Å². The SMILES string of the molecule is CC1=Cc2c(ccc(Oc3ncnc(Nc4ccc(N5CCN(C)CC5)c(F)c4)c3F)c2F)C1.CC1=Cc2c(ccc(Oc3ncnc(Nc4ccc(N5CCNCC5)c(F)c4)c3F)c2F)C1.CCN1CCN(c2ccc(Nc3ncnc(Oc4ccc5c(c4F)C=C(C)C5)c3F)cc2F)CC1. The number of hydrogen-bond acceptors (Lipinski definition) is 18. The molecule has 4 N–H and O–H groups in total. The highest BCUT2D eigenvalue weighted by molar-refractivity contribution is 5.70. The predicted molar refractivity (Wildman–Crippen MR) is 376 cm³/mol. The third-order valence-electron chi connectivity index (χ3n) is 18.3. The van der Waals surface area contributed by atoms with Gasteiger partial charge >= 0.3 is 0 Å². The fourth-order valence-corrected chi connectivity index (χ4v) is 12.8. The molecule has 3 saturated heterocycles. The van der Waals surface area contributed by atoms with Crippen molar-refractivity contribution in [3.8, 4) is 34.9 Å². The first-order chi connectivity index (χ1) is 49.3. The van der Waals surface area contributed by atoms with Crippen LogP contribution in [0.25, 0.3) is 18.2 Å². The zero-order chi connectivity index (χ0) is 71.3. The van der Waals surface area contributed by atoms with Gasteiger partial charge in [-0.05, 0) is 143 Å². The minimum Gasteiger partial charge on any atom is -0.433 e. The van der Waals surface area contributed by atoms with Gasteiger partial charge in [0.25, 0.3) is 17.6 Å². The van der Waals surface area contributed by atoms with E-state index in [1.165, 1.54) is 36.4 Å². The normalized spacial score (nSPS) is 15.6. The highest BCUT2D eigenvalue weighted by Gasteiger charge is 2.27. The van der Waals surface area contributed by atoms with Crippen LogP contribution in [0.4, 0.5) is 91.1 Å². The molecule has 15 rings (SSSR count). The van der Waals surface area contributed by atoms with Crippen molar-refractivity contribution in [1.82, 2.24) is 45.0 Å². The molecule has 102 heavy (non-hydrogen) atoms. The van der Waals surface area contributed by atoms with Gasteiger partial charge in [0.2, 0.25) is 17.5 Å². The van der Waals surface area contributed by atoms with E-state index in [-0.39, 0.29) is 34.7 Å². The number of aromatic nitrogens is 6. The van der Waals surface area contributed by atoms with Crippen LogP contribution in [0.5, 0.6) is 34.9 Å². The molecule has 6 aromatic carbocycles. The Morgan fingerprint density at radius 1 is 0.392 bits per heavy atom.